The first-order valence-electron chi connectivity index (χ1n) is 4.87. The molecule has 1 heterocycles. The van der Waals surface area contributed by atoms with Crippen LogP contribution in [0.15, 0.2) is 0 Å². The molecule has 0 aromatic rings. The van der Waals surface area contributed by atoms with Crippen LogP contribution in [0.2, 0.25) is 0 Å². The lowest BCUT2D eigenvalue weighted by molar-refractivity contribution is -0.136. The van der Waals surface area contributed by atoms with E-state index < -0.39 is 16.0 Å². The van der Waals surface area contributed by atoms with E-state index in [0.29, 0.717) is 25.9 Å². The highest BCUT2D eigenvalue weighted by Gasteiger charge is 2.26. The Bertz CT molecular complexity index is 320. The summed E-state index contributed by atoms with van der Waals surface area (Å²) in [5, 5.41) is 8.41. The van der Waals surface area contributed by atoms with Gasteiger partial charge in [0.1, 0.15) is 0 Å². The molecule has 0 atom stereocenters. The van der Waals surface area contributed by atoms with Gasteiger partial charge in [-0.25, -0.2) is 12.7 Å². The van der Waals surface area contributed by atoms with Gasteiger partial charge in [-0.1, -0.05) is 0 Å². The van der Waals surface area contributed by atoms with E-state index in [1.54, 1.807) is 0 Å². The number of nitrogens with zero attached hydrogens (tertiary/aromatic N) is 1. The molecule has 15 heavy (non-hydrogen) atoms. The number of hydrogen-bond acceptors (Lipinski definition) is 4. The summed E-state index contributed by atoms with van der Waals surface area (Å²) < 4.78 is 24.6. The van der Waals surface area contributed by atoms with Gasteiger partial charge in [-0.2, -0.15) is 0 Å². The van der Waals surface area contributed by atoms with Crippen LogP contribution in [-0.4, -0.2) is 48.7 Å². The number of rotatable bonds is 4. The molecule has 88 valence electrons. The molecule has 0 spiro atoms. The third-order valence-corrected chi connectivity index (χ3v) is 4.34. The lowest BCUT2D eigenvalue weighted by Crippen LogP contribution is -2.43. The second-order valence-corrected chi connectivity index (χ2v) is 5.78. The van der Waals surface area contributed by atoms with Gasteiger partial charge in [-0.05, 0) is 12.8 Å². The minimum absolute atomic E-state index is 0.0657. The number of aliphatic carboxylic acids is 1. The van der Waals surface area contributed by atoms with Crippen LogP contribution in [0, 0.1) is 0 Å². The van der Waals surface area contributed by atoms with Crippen LogP contribution in [0.4, 0.5) is 0 Å². The summed E-state index contributed by atoms with van der Waals surface area (Å²) in [7, 11) is -3.40. The number of nitrogens with two attached hydrogens (primary N) is 1. The van der Waals surface area contributed by atoms with Crippen molar-refractivity contribution in [1.29, 1.82) is 0 Å². The smallest absolute Gasteiger partial charge is 0.304 e. The van der Waals surface area contributed by atoms with Crippen LogP contribution in [0.3, 0.4) is 0 Å². The van der Waals surface area contributed by atoms with Crippen molar-refractivity contribution in [1.82, 2.24) is 4.31 Å². The molecular weight excluding hydrogens is 220 g/mol. The van der Waals surface area contributed by atoms with Crippen molar-refractivity contribution in [3.8, 4) is 0 Å². The maximum atomic E-state index is 11.6. The molecule has 0 aromatic heterocycles. The lowest BCUT2D eigenvalue weighted by atomic mass is 10.1. The van der Waals surface area contributed by atoms with E-state index in [2.05, 4.69) is 0 Å². The zero-order chi connectivity index (χ0) is 11.5. The molecule has 0 unspecified atom stereocenters. The van der Waals surface area contributed by atoms with Crippen LogP contribution < -0.4 is 5.73 Å². The summed E-state index contributed by atoms with van der Waals surface area (Å²) in [6.45, 7) is 0.812. The van der Waals surface area contributed by atoms with Crippen LogP contribution in [0.1, 0.15) is 19.3 Å². The highest BCUT2D eigenvalue weighted by atomic mass is 32.2. The first kappa shape index (κ1) is 12.4. The molecule has 1 saturated heterocycles. The maximum absolute atomic E-state index is 11.6. The van der Waals surface area contributed by atoms with Gasteiger partial charge in [-0.15, -0.1) is 0 Å². The lowest BCUT2D eigenvalue weighted by Gasteiger charge is -2.29. The SMILES string of the molecule is NC1CCN(S(=O)(=O)CCC(=O)O)CC1. The Balaban J connectivity index is 2.50. The average Bonchev–Trinajstić information content (AvgIpc) is 2.16. The van der Waals surface area contributed by atoms with Gasteiger partial charge in [0.15, 0.2) is 0 Å². The summed E-state index contributed by atoms with van der Waals surface area (Å²) in [6.07, 6.45) is 0.948. The van der Waals surface area contributed by atoms with Crippen molar-refractivity contribution >= 4 is 16.0 Å². The van der Waals surface area contributed by atoms with Crippen molar-refractivity contribution in [2.75, 3.05) is 18.8 Å². The van der Waals surface area contributed by atoms with Gasteiger partial charge in [0.05, 0.1) is 12.2 Å². The Labute approximate surface area is 89.1 Å². The number of carboxylic acids is 1. The number of piperidine rings is 1. The third kappa shape index (κ3) is 3.77. The maximum Gasteiger partial charge on any atom is 0.304 e. The molecule has 0 amide bonds. The standard InChI is InChI=1S/C8H16N2O4S/c9-7-1-4-10(5-2-7)15(13,14)6-3-8(11)12/h7H,1-6,9H2,(H,11,12). The number of sulfonamides is 1. The molecule has 1 rings (SSSR count). The first-order valence-corrected chi connectivity index (χ1v) is 6.48. The molecule has 3 N–H and O–H groups in total. The van der Waals surface area contributed by atoms with Gasteiger partial charge >= 0.3 is 5.97 Å². The molecule has 1 fully saturated rings. The predicted molar refractivity (Wildman–Crippen MR) is 54.8 cm³/mol. The predicted octanol–water partition coefficient (Wildman–Crippen LogP) is -0.786. The fourth-order valence-corrected chi connectivity index (χ4v) is 2.96. The Morgan fingerprint density at radius 2 is 1.93 bits per heavy atom. The molecule has 0 bridgehead atoms. The minimum Gasteiger partial charge on any atom is -0.481 e. The summed E-state index contributed by atoms with van der Waals surface area (Å²) in [5.74, 6) is -1.41. The second-order valence-electron chi connectivity index (χ2n) is 3.70. The molecule has 1 aliphatic heterocycles. The highest BCUT2D eigenvalue weighted by Crippen LogP contribution is 2.13. The third-order valence-electron chi connectivity index (χ3n) is 2.47. The molecule has 0 aromatic carbocycles. The second kappa shape index (κ2) is 4.91. The zero-order valence-electron chi connectivity index (χ0n) is 8.42. The Kier molecular flexibility index (Phi) is 4.06. The van der Waals surface area contributed by atoms with Gasteiger partial charge in [0.25, 0.3) is 0 Å². The number of carboxylic acid groups (broad SMARTS) is 1. The molecule has 0 radical (unpaired) electrons. The topological polar surface area (TPSA) is 101 Å². The quantitative estimate of drug-likeness (QED) is 0.666. The van der Waals surface area contributed by atoms with Crippen LogP contribution >= 0.6 is 0 Å². The van der Waals surface area contributed by atoms with E-state index in [4.69, 9.17) is 10.8 Å². The van der Waals surface area contributed by atoms with Crippen LogP contribution in [0.5, 0.6) is 0 Å². The average molecular weight is 236 g/mol. The van der Waals surface area contributed by atoms with Gasteiger partial charge in [-0.3, -0.25) is 4.79 Å². The Morgan fingerprint density at radius 3 is 2.40 bits per heavy atom. The van der Waals surface area contributed by atoms with Crippen molar-refractivity contribution in [2.45, 2.75) is 25.3 Å². The largest absolute Gasteiger partial charge is 0.481 e. The molecule has 6 nitrogen and oxygen atoms in total. The van der Waals surface area contributed by atoms with E-state index in [1.807, 2.05) is 0 Å². The Morgan fingerprint density at radius 1 is 1.40 bits per heavy atom. The fraction of sp³-hybridized carbons (Fsp3) is 0.875. The van der Waals surface area contributed by atoms with Crippen LogP contribution in [0.25, 0.3) is 0 Å². The Hall–Kier alpha value is -0.660. The van der Waals surface area contributed by atoms with Crippen LogP contribution in [-0.2, 0) is 14.8 Å². The molecular formula is C8H16N2O4S. The van der Waals surface area contributed by atoms with E-state index in [0.717, 1.165) is 0 Å². The summed E-state index contributed by atoms with van der Waals surface area (Å²) in [6, 6.07) is 0.0657. The van der Waals surface area contributed by atoms with Crippen molar-refractivity contribution in [3.05, 3.63) is 0 Å². The fourth-order valence-electron chi connectivity index (χ4n) is 1.50. The van der Waals surface area contributed by atoms with E-state index in [-0.39, 0.29) is 18.2 Å². The van der Waals surface area contributed by atoms with Crippen molar-refractivity contribution < 1.29 is 18.3 Å². The van der Waals surface area contributed by atoms with Gasteiger partial charge in [0, 0.05) is 19.1 Å². The summed E-state index contributed by atoms with van der Waals surface area (Å²) >= 11 is 0. The normalized spacial score (nSPS) is 20.3. The number of carbonyl (C=O) groups is 1. The highest BCUT2D eigenvalue weighted by molar-refractivity contribution is 7.89. The van der Waals surface area contributed by atoms with E-state index in [9.17, 15) is 13.2 Å². The number of hydrogen-bond donors (Lipinski definition) is 2. The van der Waals surface area contributed by atoms with Gasteiger partial charge < -0.3 is 10.8 Å². The molecule has 0 saturated carbocycles. The molecule has 0 aliphatic carbocycles. The van der Waals surface area contributed by atoms with E-state index >= 15 is 0 Å². The van der Waals surface area contributed by atoms with Crippen molar-refractivity contribution in [2.24, 2.45) is 5.73 Å². The first-order chi connectivity index (χ1) is 6.92. The van der Waals surface area contributed by atoms with E-state index in [1.165, 1.54) is 4.31 Å². The summed E-state index contributed by atoms with van der Waals surface area (Å²) in [4.78, 5) is 10.3. The minimum atomic E-state index is -3.40. The van der Waals surface area contributed by atoms with Crippen molar-refractivity contribution in [3.63, 3.8) is 0 Å². The monoisotopic (exact) mass is 236 g/mol. The summed E-state index contributed by atoms with van der Waals surface area (Å²) in [5.41, 5.74) is 5.65. The molecule has 7 heteroatoms. The zero-order valence-corrected chi connectivity index (χ0v) is 9.24. The molecule has 1 aliphatic rings. The van der Waals surface area contributed by atoms with Gasteiger partial charge in [0.2, 0.25) is 10.0 Å².